The van der Waals surface area contributed by atoms with Crippen molar-refractivity contribution in [1.82, 2.24) is 14.3 Å². The van der Waals surface area contributed by atoms with Crippen molar-refractivity contribution in [3.63, 3.8) is 0 Å². The number of hydrogen-bond donors (Lipinski definition) is 4. The lowest BCUT2D eigenvalue weighted by molar-refractivity contribution is 0.588. The molecule has 0 unspecified atom stereocenters. The fourth-order valence-corrected chi connectivity index (χ4v) is 2.19. The van der Waals surface area contributed by atoms with E-state index in [0.717, 1.165) is 0 Å². The molecule has 0 aliphatic carbocycles. The average molecular weight is 305 g/mol. The van der Waals surface area contributed by atoms with Crippen molar-refractivity contribution in [2.45, 2.75) is 19.9 Å². The SMILES string of the molecule is CCCn1c(N)c(NCCS(=O)(=O)NC)c(=O)[nH]c1=O. The quantitative estimate of drug-likeness (QED) is 0.483. The summed E-state index contributed by atoms with van der Waals surface area (Å²) in [4.78, 5) is 25.4. The number of H-pyrrole nitrogens is 1. The fourth-order valence-electron chi connectivity index (χ4n) is 1.62. The van der Waals surface area contributed by atoms with Crippen LogP contribution in [0.4, 0.5) is 11.5 Å². The first-order valence-electron chi connectivity index (χ1n) is 6.10. The van der Waals surface area contributed by atoms with Gasteiger partial charge in [0.15, 0.2) is 0 Å². The summed E-state index contributed by atoms with van der Waals surface area (Å²) in [5, 5.41) is 2.65. The summed E-state index contributed by atoms with van der Waals surface area (Å²) < 4.78 is 25.9. The zero-order chi connectivity index (χ0) is 15.3. The van der Waals surface area contributed by atoms with Crippen LogP contribution in [-0.4, -0.2) is 37.3 Å². The van der Waals surface area contributed by atoms with Crippen molar-refractivity contribution in [2.24, 2.45) is 0 Å². The second kappa shape index (κ2) is 6.57. The number of aromatic nitrogens is 2. The molecule has 1 aromatic rings. The van der Waals surface area contributed by atoms with Gasteiger partial charge in [0, 0.05) is 13.1 Å². The third kappa shape index (κ3) is 3.84. The van der Waals surface area contributed by atoms with Gasteiger partial charge in [-0.05, 0) is 13.5 Å². The first kappa shape index (κ1) is 16.2. The number of nitrogens with two attached hydrogens (primary N) is 1. The number of aromatic amines is 1. The summed E-state index contributed by atoms with van der Waals surface area (Å²) in [6, 6.07) is 0. The number of nitrogens with zero attached hydrogens (tertiary/aromatic N) is 1. The number of nitrogens with one attached hydrogen (secondary N) is 3. The third-order valence-corrected chi connectivity index (χ3v) is 4.03. The van der Waals surface area contributed by atoms with Gasteiger partial charge in [0.25, 0.3) is 5.56 Å². The van der Waals surface area contributed by atoms with E-state index in [1.54, 1.807) is 0 Å². The lowest BCUT2D eigenvalue weighted by Gasteiger charge is -2.13. The smallest absolute Gasteiger partial charge is 0.330 e. The van der Waals surface area contributed by atoms with Crippen molar-refractivity contribution >= 4 is 21.5 Å². The van der Waals surface area contributed by atoms with Gasteiger partial charge in [-0.25, -0.2) is 17.9 Å². The molecule has 20 heavy (non-hydrogen) atoms. The molecule has 0 aliphatic rings. The average Bonchev–Trinajstić information content (AvgIpc) is 2.38. The summed E-state index contributed by atoms with van der Waals surface area (Å²) in [7, 11) is -2.07. The Kier molecular flexibility index (Phi) is 5.34. The predicted molar refractivity (Wildman–Crippen MR) is 77.4 cm³/mol. The summed E-state index contributed by atoms with van der Waals surface area (Å²) in [5.41, 5.74) is 4.53. The number of nitrogen functional groups attached to an aromatic ring is 1. The van der Waals surface area contributed by atoms with Crippen LogP contribution in [-0.2, 0) is 16.6 Å². The largest absolute Gasteiger partial charge is 0.383 e. The minimum atomic E-state index is -3.38. The van der Waals surface area contributed by atoms with E-state index >= 15 is 0 Å². The van der Waals surface area contributed by atoms with Gasteiger partial charge in [0.2, 0.25) is 10.0 Å². The van der Waals surface area contributed by atoms with Gasteiger partial charge in [-0.2, -0.15) is 0 Å². The highest BCUT2D eigenvalue weighted by Crippen LogP contribution is 2.09. The Hall–Kier alpha value is -1.81. The number of anilines is 2. The molecule has 1 aromatic heterocycles. The van der Waals surface area contributed by atoms with Gasteiger partial charge in [0.1, 0.15) is 11.5 Å². The molecule has 0 aliphatic heterocycles. The highest BCUT2D eigenvalue weighted by atomic mass is 32.2. The molecular weight excluding hydrogens is 286 g/mol. The second-order valence-corrected chi connectivity index (χ2v) is 6.17. The van der Waals surface area contributed by atoms with E-state index in [9.17, 15) is 18.0 Å². The topological polar surface area (TPSA) is 139 Å². The van der Waals surface area contributed by atoms with Gasteiger partial charge in [0.05, 0.1) is 5.75 Å². The van der Waals surface area contributed by atoms with Gasteiger partial charge in [-0.3, -0.25) is 14.3 Å². The van der Waals surface area contributed by atoms with Crippen LogP contribution >= 0.6 is 0 Å². The van der Waals surface area contributed by atoms with Crippen molar-refractivity contribution in [3.05, 3.63) is 20.8 Å². The van der Waals surface area contributed by atoms with Gasteiger partial charge < -0.3 is 11.1 Å². The van der Waals surface area contributed by atoms with Gasteiger partial charge in [-0.15, -0.1) is 0 Å². The first-order chi connectivity index (χ1) is 9.32. The molecule has 9 nitrogen and oxygen atoms in total. The Balaban J connectivity index is 2.99. The third-order valence-electron chi connectivity index (χ3n) is 2.67. The van der Waals surface area contributed by atoms with Crippen molar-refractivity contribution in [1.29, 1.82) is 0 Å². The molecule has 0 radical (unpaired) electrons. The highest BCUT2D eigenvalue weighted by molar-refractivity contribution is 7.89. The monoisotopic (exact) mass is 305 g/mol. The molecule has 0 amide bonds. The Morgan fingerprint density at radius 1 is 1.35 bits per heavy atom. The molecule has 1 heterocycles. The summed E-state index contributed by atoms with van der Waals surface area (Å²) >= 11 is 0. The molecule has 0 atom stereocenters. The zero-order valence-electron chi connectivity index (χ0n) is 11.4. The van der Waals surface area contributed by atoms with E-state index in [1.165, 1.54) is 11.6 Å². The number of hydrogen-bond acceptors (Lipinski definition) is 6. The molecular formula is C10H19N5O4S. The molecule has 10 heteroatoms. The Morgan fingerprint density at radius 3 is 2.55 bits per heavy atom. The van der Waals surface area contributed by atoms with Crippen LogP contribution in [0.3, 0.4) is 0 Å². The maximum Gasteiger partial charge on any atom is 0.330 e. The van der Waals surface area contributed by atoms with E-state index in [1.807, 2.05) is 6.92 Å². The molecule has 0 fully saturated rings. The molecule has 114 valence electrons. The van der Waals surface area contributed by atoms with Crippen LogP contribution in [0.1, 0.15) is 13.3 Å². The molecule has 0 aromatic carbocycles. The van der Waals surface area contributed by atoms with Crippen molar-refractivity contribution < 1.29 is 8.42 Å². The number of sulfonamides is 1. The lowest BCUT2D eigenvalue weighted by Crippen LogP contribution is -2.35. The van der Waals surface area contributed by atoms with Crippen LogP contribution in [0.2, 0.25) is 0 Å². The van der Waals surface area contributed by atoms with E-state index in [2.05, 4.69) is 15.0 Å². The maximum absolute atomic E-state index is 11.7. The van der Waals surface area contributed by atoms with E-state index in [4.69, 9.17) is 5.73 Å². The van der Waals surface area contributed by atoms with Crippen LogP contribution in [0, 0.1) is 0 Å². The van der Waals surface area contributed by atoms with Crippen LogP contribution in [0.15, 0.2) is 9.59 Å². The highest BCUT2D eigenvalue weighted by Gasteiger charge is 2.13. The summed E-state index contributed by atoms with van der Waals surface area (Å²) in [5.74, 6) is -0.211. The standard InChI is InChI=1S/C10H19N5O4S/c1-3-5-15-8(11)7(9(16)14-10(15)17)13-4-6-20(18,19)12-2/h12-13H,3-6,11H2,1-2H3,(H,14,16,17). The normalized spacial score (nSPS) is 11.5. The predicted octanol–water partition coefficient (Wildman–Crippen LogP) is -1.51. The van der Waals surface area contributed by atoms with Crippen LogP contribution < -0.4 is 27.0 Å². The lowest BCUT2D eigenvalue weighted by atomic mass is 10.4. The van der Waals surface area contributed by atoms with Crippen molar-refractivity contribution in [2.75, 3.05) is 30.4 Å². The molecule has 0 saturated heterocycles. The van der Waals surface area contributed by atoms with E-state index in [0.29, 0.717) is 13.0 Å². The maximum atomic E-state index is 11.7. The molecule has 1 rings (SSSR count). The molecule has 5 N–H and O–H groups in total. The van der Waals surface area contributed by atoms with E-state index < -0.39 is 21.3 Å². The number of rotatable bonds is 7. The Labute approximate surface area is 116 Å². The fraction of sp³-hybridized carbons (Fsp3) is 0.600. The van der Waals surface area contributed by atoms with Crippen molar-refractivity contribution in [3.8, 4) is 0 Å². The summed E-state index contributed by atoms with van der Waals surface area (Å²) in [6.45, 7) is 2.23. The minimum absolute atomic E-state index is 0.000776. The molecule has 0 spiro atoms. The summed E-state index contributed by atoms with van der Waals surface area (Å²) in [6.07, 6.45) is 0.670. The molecule has 0 saturated carbocycles. The van der Waals surface area contributed by atoms with Gasteiger partial charge >= 0.3 is 5.69 Å². The van der Waals surface area contributed by atoms with Crippen LogP contribution in [0.5, 0.6) is 0 Å². The van der Waals surface area contributed by atoms with E-state index in [-0.39, 0.29) is 23.8 Å². The second-order valence-electron chi connectivity index (χ2n) is 4.12. The zero-order valence-corrected chi connectivity index (χ0v) is 12.2. The Morgan fingerprint density at radius 2 is 2.00 bits per heavy atom. The molecule has 0 bridgehead atoms. The first-order valence-corrected chi connectivity index (χ1v) is 7.75. The van der Waals surface area contributed by atoms with Crippen LogP contribution in [0.25, 0.3) is 0 Å². The Bertz CT molecular complexity index is 676. The minimum Gasteiger partial charge on any atom is -0.383 e. The van der Waals surface area contributed by atoms with Gasteiger partial charge in [-0.1, -0.05) is 6.92 Å².